The molecule has 0 aliphatic carbocycles. The topological polar surface area (TPSA) is 72.5 Å². The van der Waals surface area contributed by atoms with E-state index in [-0.39, 0.29) is 12.1 Å². The number of carbonyl (C=O) groups is 1. The van der Waals surface area contributed by atoms with Crippen LogP contribution >= 0.6 is 0 Å². The number of urea groups is 1. The summed E-state index contributed by atoms with van der Waals surface area (Å²) in [6.07, 6.45) is 3.61. The molecule has 0 radical (unpaired) electrons. The van der Waals surface area contributed by atoms with Gasteiger partial charge in [-0.1, -0.05) is 0 Å². The molecule has 0 unspecified atom stereocenters. The summed E-state index contributed by atoms with van der Waals surface area (Å²) in [5.41, 5.74) is 0.967. The van der Waals surface area contributed by atoms with E-state index in [1.54, 1.807) is 18.0 Å². The lowest BCUT2D eigenvalue weighted by atomic mass is 10.2. The fourth-order valence-corrected chi connectivity index (χ4v) is 2.94. The molecule has 1 aliphatic heterocycles. The number of rotatable bonds is 5. The number of amides is 2. The molecule has 0 saturated carbocycles. The zero-order valence-corrected chi connectivity index (χ0v) is 13.5. The molecule has 2 amide bonds. The fraction of sp³-hybridized carbons (Fsp3) is 0.500. The van der Waals surface area contributed by atoms with E-state index >= 15 is 0 Å². The molecule has 2 aromatic heterocycles. The molecular formula is C16H22N4O3. The quantitative estimate of drug-likeness (QED) is 0.917. The average molecular weight is 318 g/mol. The van der Waals surface area contributed by atoms with Crippen LogP contribution < -0.4 is 5.32 Å². The Morgan fingerprint density at radius 3 is 3.09 bits per heavy atom. The monoisotopic (exact) mass is 318 g/mol. The number of nitrogens with one attached hydrogen (secondary N) is 1. The third kappa shape index (κ3) is 3.39. The molecule has 0 spiro atoms. The highest BCUT2D eigenvalue weighted by Crippen LogP contribution is 2.33. The van der Waals surface area contributed by atoms with Crippen LogP contribution in [0.2, 0.25) is 0 Å². The number of aryl methyl sites for hydroxylation is 1. The van der Waals surface area contributed by atoms with Gasteiger partial charge in [0, 0.05) is 26.9 Å². The largest absolute Gasteiger partial charge is 0.461 e. The smallest absolute Gasteiger partial charge is 0.318 e. The van der Waals surface area contributed by atoms with Crippen molar-refractivity contribution in [1.82, 2.24) is 20.0 Å². The minimum atomic E-state index is -0.0709. The van der Waals surface area contributed by atoms with Gasteiger partial charge in [0.1, 0.15) is 18.1 Å². The molecule has 0 aromatic carbocycles. The lowest BCUT2D eigenvalue weighted by Gasteiger charge is -2.23. The van der Waals surface area contributed by atoms with Crippen LogP contribution in [0.15, 0.2) is 28.8 Å². The second-order valence-corrected chi connectivity index (χ2v) is 5.69. The number of methoxy groups -OCH3 is 1. The molecule has 7 nitrogen and oxygen atoms in total. The van der Waals surface area contributed by atoms with Gasteiger partial charge in [0.25, 0.3) is 0 Å². The van der Waals surface area contributed by atoms with Crippen LogP contribution in [0.25, 0.3) is 0 Å². The van der Waals surface area contributed by atoms with Gasteiger partial charge in [-0.05, 0) is 31.0 Å². The summed E-state index contributed by atoms with van der Waals surface area (Å²) in [6, 6.07) is 5.66. The van der Waals surface area contributed by atoms with E-state index in [1.165, 1.54) is 0 Å². The lowest BCUT2D eigenvalue weighted by Crippen LogP contribution is -2.39. The number of aromatic nitrogens is 2. The molecule has 7 heteroatoms. The highest BCUT2D eigenvalue weighted by molar-refractivity contribution is 5.75. The van der Waals surface area contributed by atoms with Crippen molar-refractivity contribution in [3.8, 4) is 0 Å². The Kier molecular flexibility index (Phi) is 4.66. The maximum atomic E-state index is 12.5. The molecule has 1 N–H and O–H groups in total. The van der Waals surface area contributed by atoms with E-state index in [1.807, 2.05) is 30.1 Å². The SMILES string of the molecule is COCc1ccc([C@H]2CCCN2C(=O)NCc2ccnn2C)o1. The summed E-state index contributed by atoms with van der Waals surface area (Å²) in [5.74, 6) is 1.61. The predicted octanol–water partition coefficient (Wildman–Crippen LogP) is 2.21. The van der Waals surface area contributed by atoms with E-state index in [2.05, 4.69) is 10.4 Å². The third-order valence-corrected chi connectivity index (χ3v) is 4.15. The first kappa shape index (κ1) is 15.6. The van der Waals surface area contributed by atoms with Crippen LogP contribution in [-0.4, -0.2) is 34.4 Å². The molecule has 0 bridgehead atoms. The van der Waals surface area contributed by atoms with Gasteiger partial charge >= 0.3 is 6.03 Å². The van der Waals surface area contributed by atoms with Crippen LogP contribution in [0, 0.1) is 0 Å². The highest BCUT2D eigenvalue weighted by atomic mass is 16.5. The van der Waals surface area contributed by atoms with Crippen molar-refractivity contribution in [1.29, 1.82) is 0 Å². The molecular weight excluding hydrogens is 296 g/mol. The first-order valence-corrected chi connectivity index (χ1v) is 7.78. The number of carbonyl (C=O) groups excluding carboxylic acids is 1. The zero-order chi connectivity index (χ0) is 16.2. The zero-order valence-electron chi connectivity index (χ0n) is 13.5. The molecule has 1 fully saturated rings. The molecule has 1 saturated heterocycles. The van der Waals surface area contributed by atoms with E-state index in [0.29, 0.717) is 13.2 Å². The van der Waals surface area contributed by atoms with E-state index in [0.717, 1.165) is 36.6 Å². The van der Waals surface area contributed by atoms with Crippen molar-refractivity contribution in [2.75, 3.05) is 13.7 Å². The van der Waals surface area contributed by atoms with Crippen molar-refractivity contribution >= 4 is 6.03 Å². The average Bonchev–Trinajstić information content (AvgIpc) is 3.25. The Balaban J connectivity index is 1.63. The summed E-state index contributed by atoms with van der Waals surface area (Å²) in [4.78, 5) is 14.3. The van der Waals surface area contributed by atoms with E-state index in [9.17, 15) is 4.79 Å². The number of likely N-dealkylation sites (tertiary alicyclic amines) is 1. The molecule has 3 heterocycles. The van der Waals surface area contributed by atoms with Gasteiger partial charge in [-0.3, -0.25) is 4.68 Å². The highest BCUT2D eigenvalue weighted by Gasteiger charge is 2.32. The van der Waals surface area contributed by atoms with Gasteiger partial charge < -0.3 is 19.4 Å². The minimum Gasteiger partial charge on any atom is -0.461 e. The summed E-state index contributed by atoms with van der Waals surface area (Å²) in [5, 5.41) is 7.06. The van der Waals surface area contributed by atoms with Crippen molar-refractivity contribution in [3.63, 3.8) is 0 Å². The predicted molar refractivity (Wildman–Crippen MR) is 83.5 cm³/mol. The number of nitrogens with zero attached hydrogens (tertiary/aromatic N) is 3. The lowest BCUT2D eigenvalue weighted by molar-refractivity contribution is 0.156. The molecule has 124 valence electrons. The van der Waals surface area contributed by atoms with Crippen molar-refractivity contribution < 1.29 is 13.9 Å². The summed E-state index contributed by atoms with van der Waals surface area (Å²) in [6.45, 7) is 1.65. The number of hydrogen-bond donors (Lipinski definition) is 1. The first-order chi connectivity index (χ1) is 11.2. The van der Waals surface area contributed by atoms with Crippen LogP contribution in [-0.2, 0) is 24.9 Å². The minimum absolute atomic E-state index is 0.00727. The Morgan fingerprint density at radius 2 is 2.35 bits per heavy atom. The van der Waals surface area contributed by atoms with E-state index in [4.69, 9.17) is 9.15 Å². The van der Waals surface area contributed by atoms with Gasteiger partial charge in [-0.15, -0.1) is 0 Å². The van der Waals surface area contributed by atoms with Crippen molar-refractivity contribution in [3.05, 3.63) is 41.6 Å². The summed E-state index contributed by atoms with van der Waals surface area (Å²) in [7, 11) is 3.50. The van der Waals surface area contributed by atoms with Gasteiger partial charge in [0.05, 0.1) is 18.3 Å². The number of ether oxygens (including phenoxy) is 1. The number of hydrogen-bond acceptors (Lipinski definition) is 4. The molecule has 2 aromatic rings. The normalized spacial score (nSPS) is 17.7. The van der Waals surface area contributed by atoms with Gasteiger partial charge in [0.2, 0.25) is 0 Å². The molecule has 1 aliphatic rings. The third-order valence-electron chi connectivity index (χ3n) is 4.15. The second kappa shape index (κ2) is 6.87. The van der Waals surface area contributed by atoms with E-state index < -0.39 is 0 Å². The van der Waals surface area contributed by atoms with Crippen LogP contribution in [0.1, 0.15) is 36.1 Å². The molecule has 23 heavy (non-hydrogen) atoms. The molecule has 1 atom stereocenters. The fourth-order valence-electron chi connectivity index (χ4n) is 2.94. The first-order valence-electron chi connectivity index (χ1n) is 7.78. The Morgan fingerprint density at radius 1 is 1.48 bits per heavy atom. The van der Waals surface area contributed by atoms with Crippen LogP contribution in [0.3, 0.4) is 0 Å². The van der Waals surface area contributed by atoms with Gasteiger partial charge in [-0.25, -0.2) is 4.79 Å². The van der Waals surface area contributed by atoms with Gasteiger partial charge in [-0.2, -0.15) is 5.10 Å². The Hall–Kier alpha value is -2.28. The van der Waals surface area contributed by atoms with Crippen LogP contribution in [0.5, 0.6) is 0 Å². The van der Waals surface area contributed by atoms with Gasteiger partial charge in [0.15, 0.2) is 0 Å². The van der Waals surface area contributed by atoms with Crippen molar-refractivity contribution in [2.45, 2.75) is 32.0 Å². The number of furan rings is 1. The standard InChI is InChI=1S/C16H22N4O3/c1-19-12(7-8-18-19)10-17-16(21)20-9-3-4-14(20)15-6-5-13(23-15)11-22-2/h5-8,14H,3-4,9-11H2,1-2H3,(H,17,21)/t14-/m1/s1. The van der Waals surface area contributed by atoms with Crippen LogP contribution in [0.4, 0.5) is 4.79 Å². The molecule has 3 rings (SSSR count). The summed E-state index contributed by atoms with van der Waals surface area (Å²) < 4.78 is 12.6. The Bertz CT molecular complexity index is 664. The van der Waals surface area contributed by atoms with Crippen molar-refractivity contribution in [2.24, 2.45) is 7.05 Å². The maximum Gasteiger partial charge on any atom is 0.318 e. The maximum absolute atomic E-state index is 12.5. The summed E-state index contributed by atoms with van der Waals surface area (Å²) >= 11 is 0. The second-order valence-electron chi connectivity index (χ2n) is 5.69. The Labute approximate surface area is 135 Å².